The van der Waals surface area contributed by atoms with Gasteiger partial charge in [0.15, 0.2) is 0 Å². The maximum absolute atomic E-state index is 5.68. The van der Waals surface area contributed by atoms with Crippen LogP contribution in [0.15, 0.2) is 29.6 Å². The zero-order valence-electron chi connectivity index (χ0n) is 11.4. The minimum atomic E-state index is 0.256. The van der Waals surface area contributed by atoms with Gasteiger partial charge in [0.1, 0.15) is 0 Å². The quantitative estimate of drug-likeness (QED) is 0.890. The fourth-order valence-corrected chi connectivity index (χ4v) is 3.46. The van der Waals surface area contributed by atoms with Gasteiger partial charge in [0.25, 0.3) is 0 Å². The van der Waals surface area contributed by atoms with Crippen LogP contribution in [0, 0.1) is 5.41 Å². The van der Waals surface area contributed by atoms with E-state index in [0.29, 0.717) is 0 Å². The molecule has 0 amide bonds. The second kappa shape index (κ2) is 5.29. The largest absolute Gasteiger partial charge is 0.373 e. The Morgan fingerprint density at radius 1 is 1.28 bits per heavy atom. The minimum Gasteiger partial charge on any atom is -0.373 e. The molecular weight excluding hydrogens is 240 g/mol. The van der Waals surface area contributed by atoms with Crippen LogP contribution in [0.5, 0.6) is 0 Å². The summed E-state index contributed by atoms with van der Waals surface area (Å²) in [6, 6.07) is 8.59. The second-order valence-electron chi connectivity index (χ2n) is 5.68. The molecule has 3 heteroatoms. The van der Waals surface area contributed by atoms with Gasteiger partial charge in [-0.05, 0) is 24.4 Å². The normalized spacial score (nSPS) is 12.0. The van der Waals surface area contributed by atoms with E-state index in [4.69, 9.17) is 5.73 Å². The van der Waals surface area contributed by atoms with Crippen molar-refractivity contribution in [3.8, 4) is 0 Å². The number of fused-ring (bicyclic) bond motifs is 1. The SMILES string of the molecule is CN(CC(C)(C)CCN)c1csc2ccccc12. The predicted molar refractivity (Wildman–Crippen MR) is 82.5 cm³/mol. The molecule has 18 heavy (non-hydrogen) atoms. The van der Waals surface area contributed by atoms with Crippen molar-refractivity contribution in [2.45, 2.75) is 20.3 Å². The van der Waals surface area contributed by atoms with Gasteiger partial charge >= 0.3 is 0 Å². The minimum absolute atomic E-state index is 0.256. The topological polar surface area (TPSA) is 29.3 Å². The van der Waals surface area contributed by atoms with Crippen LogP contribution in [0.1, 0.15) is 20.3 Å². The Morgan fingerprint density at radius 3 is 2.72 bits per heavy atom. The Morgan fingerprint density at radius 2 is 2.00 bits per heavy atom. The summed E-state index contributed by atoms with van der Waals surface area (Å²) in [4.78, 5) is 2.36. The van der Waals surface area contributed by atoms with Gasteiger partial charge in [0, 0.05) is 29.1 Å². The van der Waals surface area contributed by atoms with Gasteiger partial charge in [0.05, 0.1) is 5.69 Å². The van der Waals surface area contributed by atoms with Crippen LogP contribution in [0.25, 0.3) is 10.1 Å². The zero-order valence-corrected chi connectivity index (χ0v) is 12.3. The monoisotopic (exact) mass is 262 g/mol. The summed E-state index contributed by atoms with van der Waals surface area (Å²) in [5.41, 5.74) is 7.27. The highest BCUT2D eigenvalue weighted by atomic mass is 32.1. The highest BCUT2D eigenvalue weighted by Crippen LogP contribution is 2.34. The third-order valence-corrected chi connectivity index (χ3v) is 4.31. The molecule has 0 aliphatic carbocycles. The van der Waals surface area contributed by atoms with Crippen LogP contribution >= 0.6 is 11.3 Å². The third-order valence-electron chi connectivity index (χ3n) is 3.36. The lowest BCUT2D eigenvalue weighted by Crippen LogP contribution is -2.32. The first-order valence-electron chi connectivity index (χ1n) is 6.41. The fourth-order valence-electron chi connectivity index (χ4n) is 2.46. The lowest BCUT2D eigenvalue weighted by Gasteiger charge is -2.31. The van der Waals surface area contributed by atoms with Crippen molar-refractivity contribution in [3.63, 3.8) is 0 Å². The van der Waals surface area contributed by atoms with Crippen molar-refractivity contribution in [3.05, 3.63) is 29.6 Å². The molecule has 2 N–H and O–H groups in total. The highest BCUT2D eigenvalue weighted by Gasteiger charge is 2.20. The summed E-state index contributed by atoms with van der Waals surface area (Å²) < 4.78 is 1.36. The van der Waals surface area contributed by atoms with Gasteiger partial charge in [-0.2, -0.15) is 0 Å². The lowest BCUT2D eigenvalue weighted by atomic mass is 9.88. The van der Waals surface area contributed by atoms with E-state index in [-0.39, 0.29) is 5.41 Å². The predicted octanol–water partition coefficient (Wildman–Crippen LogP) is 3.71. The molecule has 0 fully saturated rings. The van der Waals surface area contributed by atoms with Crippen molar-refractivity contribution >= 4 is 27.1 Å². The number of hydrogen-bond donors (Lipinski definition) is 1. The summed E-state index contributed by atoms with van der Waals surface area (Å²) in [6.45, 7) is 6.35. The van der Waals surface area contributed by atoms with Crippen molar-refractivity contribution in [2.24, 2.45) is 11.1 Å². The van der Waals surface area contributed by atoms with E-state index in [2.05, 4.69) is 55.4 Å². The summed E-state index contributed by atoms with van der Waals surface area (Å²) in [5.74, 6) is 0. The van der Waals surface area contributed by atoms with Crippen LogP contribution in [0.4, 0.5) is 5.69 Å². The van der Waals surface area contributed by atoms with E-state index in [1.54, 1.807) is 0 Å². The summed E-state index contributed by atoms with van der Waals surface area (Å²) >= 11 is 1.82. The maximum atomic E-state index is 5.68. The maximum Gasteiger partial charge on any atom is 0.0552 e. The Labute approximate surface area is 113 Å². The molecule has 0 spiro atoms. The number of thiophene rings is 1. The first-order valence-corrected chi connectivity index (χ1v) is 7.29. The molecule has 0 aliphatic heterocycles. The molecule has 0 saturated heterocycles. The Bertz CT molecular complexity index is 516. The van der Waals surface area contributed by atoms with Crippen LogP contribution in [0.2, 0.25) is 0 Å². The molecule has 2 rings (SSSR count). The summed E-state index contributed by atoms with van der Waals surface area (Å²) in [7, 11) is 2.17. The molecule has 0 radical (unpaired) electrons. The number of benzene rings is 1. The van der Waals surface area contributed by atoms with Gasteiger partial charge in [-0.3, -0.25) is 0 Å². The van der Waals surface area contributed by atoms with Gasteiger partial charge in [-0.1, -0.05) is 32.0 Å². The first kappa shape index (κ1) is 13.4. The Balaban J connectivity index is 2.21. The van der Waals surface area contributed by atoms with Crippen LogP contribution in [-0.4, -0.2) is 20.1 Å². The summed E-state index contributed by atoms with van der Waals surface area (Å²) in [6.07, 6.45) is 1.05. The van der Waals surface area contributed by atoms with Crippen LogP contribution in [0.3, 0.4) is 0 Å². The molecule has 1 aromatic carbocycles. The lowest BCUT2D eigenvalue weighted by molar-refractivity contribution is 0.348. The van der Waals surface area contributed by atoms with Crippen molar-refractivity contribution in [1.82, 2.24) is 0 Å². The average Bonchev–Trinajstić information content (AvgIpc) is 2.71. The Kier molecular flexibility index (Phi) is 3.93. The van der Waals surface area contributed by atoms with E-state index in [0.717, 1.165) is 19.5 Å². The van der Waals surface area contributed by atoms with E-state index in [1.807, 2.05) is 11.3 Å². The number of hydrogen-bond acceptors (Lipinski definition) is 3. The number of nitrogens with zero attached hydrogens (tertiary/aromatic N) is 1. The standard InChI is InChI=1S/C15H22N2S/c1-15(2,8-9-16)11-17(3)13-10-18-14-7-5-4-6-12(13)14/h4-7,10H,8-9,11,16H2,1-3H3. The Hall–Kier alpha value is -1.06. The molecule has 98 valence electrons. The van der Waals surface area contributed by atoms with Crippen LogP contribution in [-0.2, 0) is 0 Å². The molecule has 1 heterocycles. The van der Waals surface area contributed by atoms with Gasteiger partial charge in [-0.25, -0.2) is 0 Å². The number of nitrogens with two attached hydrogens (primary N) is 1. The highest BCUT2D eigenvalue weighted by molar-refractivity contribution is 7.17. The summed E-state index contributed by atoms with van der Waals surface area (Å²) in [5, 5.41) is 3.61. The van der Waals surface area contributed by atoms with E-state index in [1.165, 1.54) is 15.8 Å². The molecule has 2 nitrogen and oxygen atoms in total. The molecular formula is C15H22N2S. The first-order chi connectivity index (χ1) is 8.53. The van der Waals surface area contributed by atoms with Crippen molar-refractivity contribution in [2.75, 3.05) is 25.0 Å². The van der Waals surface area contributed by atoms with Crippen LogP contribution < -0.4 is 10.6 Å². The van der Waals surface area contributed by atoms with Crippen molar-refractivity contribution < 1.29 is 0 Å². The second-order valence-corrected chi connectivity index (χ2v) is 6.59. The molecule has 0 atom stereocenters. The van der Waals surface area contributed by atoms with Crippen molar-refractivity contribution in [1.29, 1.82) is 0 Å². The molecule has 1 aromatic heterocycles. The molecule has 0 saturated carbocycles. The van der Waals surface area contributed by atoms with E-state index >= 15 is 0 Å². The number of anilines is 1. The number of rotatable bonds is 5. The molecule has 0 bridgehead atoms. The smallest absolute Gasteiger partial charge is 0.0552 e. The van der Waals surface area contributed by atoms with E-state index in [9.17, 15) is 0 Å². The van der Waals surface area contributed by atoms with Gasteiger partial charge in [-0.15, -0.1) is 11.3 Å². The third kappa shape index (κ3) is 2.85. The van der Waals surface area contributed by atoms with E-state index < -0.39 is 0 Å². The molecule has 0 unspecified atom stereocenters. The fraction of sp³-hybridized carbons (Fsp3) is 0.467. The molecule has 2 aromatic rings. The van der Waals surface area contributed by atoms with Gasteiger partial charge in [0.2, 0.25) is 0 Å². The average molecular weight is 262 g/mol. The van der Waals surface area contributed by atoms with Gasteiger partial charge < -0.3 is 10.6 Å². The zero-order chi connectivity index (χ0) is 13.2. The molecule has 0 aliphatic rings.